The minimum absolute atomic E-state index is 0.900. The van der Waals surface area contributed by atoms with Crippen LogP contribution in [-0.4, -0.2) is 18.6 Å². The van der Waals surface area contributed by atoms with Crippen molar-refractivity contribution in [2.75, 3.05) is 13.6 Å². The number of thiazole rings is 1. The molecule has 0 fully saturated rings. The quantitative estimate of drug-likeness (QED) is 0.711. The third kappa shape index (κ3) is 2.29. The summed E-state index contributed by atoms with van der Waals surface area (Å²) in [6.45, 7) is 0.900. The molecule has 0 atom stereocenters. The van der Waals surface area contributed by atoms with E-state index in [-0.39, 0.29) is 0 Å². The third-order valence-electron chi connectivity index (χ3n) is 1.06. The van der Waals surface area contributed by atoms with Gasteiger partial charge < -0.3 is 5.32 Å². The van der Waals surface area contributed by atoms with E-state index in [1.165, 1.54) is 0 Å². The molecule has 10 heavy (non-hydrogen) atoms. The van der Waals surface area contributed by atoms with Crippen LogP contribution in [0.1, 0.15) is 5.69 Å². The van der Waals surface area contributed by atoms with Crippen LogP contribution in [0.2, 0.25) is 0 Å². The predicted molar refractivity (Wildman–Crippen MR) is 45.1 cm³/mol. The van der Waals surface area contributed by atoms with Crippen molar-refractivity contribution in [3.63, 3.8) is 0 Å². The van der Waals surface area contributed by atoms with Crippen molar-refractivity contribution in [1.82, 2.24) is 10.3 Å². The van der Waals surface area contributed by atoms with E-state index in [4.69, 9.17) is 0 Å². The van der Waals surface area contributed by atoms with Crippen LogP contribution in [-0.2, 0) is 0 Å². The molecular formula is C7H10N2S. The van der Waals surface area contributed by atoms with Gasteiger partial charge in [-0.2, -0.15) is 0 Å². The highest BCUT2D eigenvalue weighted by Gasteiger charge is 1.83. The van der Waals surface area contributed by atoms with Gasteiger partial charge in [-0.3, -0.25) is 0 Å². The second kappa shape index (κ2) is 4.19. The van der Waals surface area contributed by atoms with Crippen molar-refractivity contribution in [3.8, 4) is 0 Å². The Morgan fingerprint density at radius 1 is 1.80 bits per heavy atom. The molecule has 0 saturated carbocycles. The number of nitrogens with one attached hydrogen (secondary N) is 1. The van der Waals surface area contributed by atoms with Crippen LogP contribution < -0.4 is 5.32 Å². The molecule has 2 nitrogen and oxygen atoms in total. The molecule has 0 amide bonds. The molecule has 0 bridgehead atoms. The van der Waals surface area contributed by atoms with Crippen molar-refractivity contribution >= 4 is 17.4 Å². The Labute approximate surface area is 64.6 Å². The zero-order chi connectivity index (χ0) is 7.23. The smallest absolute Gasteiger partial charge is 0.0798 e. The Balaban J connectivity index is 2.40. The first-order chi connectivity index (χ1) is 4.93. The zero-order valence-corrected chi connectivity index (χ0v) is 6.69. The molecule has 1 aromatic heterocycles. The predicted octanol–water partition coefficient (Wildman–Crippen LogP) is 1.38. The average molecular weight is 154 g/mol. The fourth-order valence-corrected chi connectivity index (χ4v) is 1.12. The van der Waals surface area contributed by atoms with Crippen LogP contribution in [0.5, 0.6) is 0 Å². The van der Waals surface area contributed by atoms with Gasteiger partial charge in [0.25, 0.3) is 0 Å². The van der Waals surface area contributed by atoms with Crippen molar-refractivity contribution in [2.24, 2.45) is 0 Å². The van der Waals surface area contributed by atoms with Gasteiger partial charge in [0.1, 0.15) is 0 Å². The molecule has 0 aliphatic heterocycles. The van der Waals surface area contributed by atoms with Crippen molar-refractivity contribution in [2.45, 2.75) is 0 Å². The molecule has 0 aliphatic rings. The van der Waals surface area contributed by atoms with E-state index in [1.807, 2.05) is 24.0 Å². The summed E-state index contributed by atoms with van der Waals surface area (Å²) in [5.41, 5.74) is 2.87. The zero-order valence-electron chi connectivity index (χ0n) is 5.87. The molecule has 54 valence electrons. The number of nitrogens with zero attached hydrogens (tertiary/aromatic N) is 1. The molecule has 0 spiro atoms. The summed E-state index contributed by atoms with van der Waals surface area (Å²) >= 11 is 1.61. The van der Waals surface area contributed by atoms with Gasteiger partial charge in [-0.15, -0.1) is 11.3 Å². The van der Waals surface area contributed by atoms with Crippen LogP contribution in [0.3, 0.4) is 0 Å². The van der Waals surface area contributed by atoms with Gasteiger partial charge in [-0.25, -0.2) is 4.98 Å². The van der Waals surface area contributed by atoms with Crippen LogP contribution in [0, 0.1) is 0 Å². The maximum Gasteiger partial charge on any atom is 0.0798 e. The van der Waals surface area contributed by atoms with E-state index >= 15 is 0 Å². The van der Waals surface area contributed by atoms with Gasteiger partial charge >= 0.3 is 0 Å². The highest BCUT2D eigenvalue weighted by atomic mass is 32.1. The van der Waals surface area contributed by atoms with Gasteiger partial charge in [-0.1, -0.05) is 6.08 Å². The topological polar surface area (TPSA) is 24.9 Å². The summed E-state index contributed by atoms with van der Waals surface area (Å²) in [5, 5.41) is 5.04. The number of aromatic nitrogens is 1. The summed E-state index contributed by atoms with van der Waals surface area (Å²) in [6, 6.07) is 0. The van der Waals surface area contributed by atoms with Crippen LogP contribution in [0.25, 0.3) is 6.08 Å². The van der Waals surface area contributed by atoms with Gasteiger partial charge in [0.15, 0.2) is 0 Å². The Morgan fingerprint density at radius 3 is 3.30 bits per heavy atom. The maximum atomic E-state index is 4.09. The number of hydrogen-bond acceptors (Lipinski definition) is 3. The lowest BCUT2D eigenvalue weighted by molar-refractivity contribution is 0.922. The van der Waals surface area contributed by atoms with Crippen molar-refractivity contribution < 1.29 is 0 Å². The molecule has 1 aromatic rings. The molecule has 0 unspecified atom stereocenters. The van der Waals surface area contributed by atoms with E-state index in [0.29, 0.717) is 0 Å². The van der Waals surface area contributed by atoms with Crippen LogP contribution in [0.4, 0.5) is 0 Å². The summed E-state index contributed by atoms with van der Waals surface area (Å²) in [4.78, 5) is 4.09. The standard InChI is InChI=1S/C7H10N2S/c1-8-4-2-3-7-5-10-6-9-7/h2-3,5-6,8H,4H2,1H3. The normalized spacial score (nSPS) is 10.9. The number of hydrogen-bond donors (Lipinski definition) is 1. The molecule has 1 rings (SSSR count). The molecule has 0 radical (unpaired) electrons. The molecule has 1 heterocycles. The lowest BCUT2D eigenvalue weighted by atomic mass is 10.4. The fraction of sp³-hybridized carbons (Fsp3) is 0.286. The summed E-state index contributed by atoms with van der Waals surface area (Å²) in [5.74, 6) is 0. The highest BCUT2D eigenvalue weighted by molar-refractivity contribution is 7.07. The highest BCUT2D eigenvalue weighted by Crippen LogP contribution is 2.01. The van der Waals surface area contributed by atoms with E-state index in [0.717, 1.165) is 12.2 Å². The molecule has 0 saturated heterocycles. The van der Waals surface area contributed by atoms with E-state index in [1.54, 1.807) is 11.3 Å². The Hall–Kier alpha value is -0.670. The van der Waals surface area contributed by atoms with Crippen LogP contribution >= 0.6 is 11.3 Å². The molecule has 0 aliphatic carbocycles. The molecule has 0 aromatic carbocycles. The Kier molecular flexibility index (Phi) is 3.12. The molecular weight excluding hydrogens is 144 g/mol. The summed E-state index contributed by atoms with van der Waals surface area (Å²) in [7, 11) is 1.92. The third-order valence-corrected chi connectivity index (χ3v) is 1.67. The first-order valence-electron chi connectivity index (χ1n) is 3.13. The second-order valence-electron chi connectivity index (χ2n) is 1.87. The lowest BCUT2D eigenvalue weighted by Gasteiger charge is -1.85. The summed E-state index contributed by atoms with van der Waals surface area (Å²) < 4.78 is 0. The number of likely N-dealkylation sites (N-methyl/N-ethyl adjacent to an activating group) is 1. The summed E-state index contributed by atoms with van der Waals surface area (Å²) in [6.07, 6.45) is 4.06. The van der Waals surface area contributed by atoms with E-state index in [2.05, 4.69) is 16.4 Å². The second-order valence-corrected chi connectivity index (χ2v) is 2.59. The molecule has 1 N–H and O–H groups in total. The maximum absolute atomic E-state index is 4.09. The Bertz CT molecular complexity index is 191. The number of rotatable bonds is 3. The van der Waals surface area contributed by atoms with Crippen LogP contribution in [0.15, 0.2) is 17.0 Å². The van der Waals surface area contributed by atoms with E-state index in [9.17, 15) is 0 Å². The molecule has 3 heteroatoms. The van der Waals surface area contributed by atoms with Gasteiger partial charge in [0.2, 0.25) is 0 Å². The lowest BCUT2D eigenvalue weighted by Crippen LogP contribution is -2.03. The SMILES string of the molecule is CNCC=Cc1cscn1. The first-order valence-corrected chi connectivity index (χ1v) is 4.07. The Morgan fingerprint density at radius 2 is 2.70 bits per heavy atom. The minimum Gasteiger partial charge on any atom is -0.316 e. The fourth-order valence-electron chi connectivity index (χ4n) is 0.602. The largest absolute Gasteiger partial charge is 0.316 e. The average Bonchev–Trinajstić information content (AvgIpc) is 2.41. The van der Waals surface area contributed by atoms with Gasteiger partial charge in [0, 0.05) is 11.9 Å². The van der Waals surface area contributed by atoms with Gasteiger partial charge in [-0.05, 0) is 13.1 Å². The first kappa shape index (κ1) is 7.44. The van der Waals surface area contributed by atoms with Crippen molar-refractivity contribution in [1.29, 1.82) is 0 Å². The van der Waals surface area contributed by atoms with Crippen molar-refractivity contribution in [3.05, 3.63) is 22.7 Å². The van der Waals surface area contributed by atoms with E-state index < -0.39 is 0 Å². The van der Waals surface area contributed by atoms with Gasteiger partial charge in [0.05, 0.1) is 11.2 Å². The monoisotopic (exact) mass is 154 g/mol. The minimum atomic E-state index is 0.900.